The summed E-state index contributed by atoms with van der Waals surface area (Å²) >= 11 is 5.48. The van der Waals surface area contributed by atoms with E-state index < -0.39 is 11.6 Å². The molecule has 0 bridgehead atoms. The fourth-order valence-corrected chi connectivity index (χ4v) is 1.83. The van der Waals surface area contributed by atoms with Crippen molar-refractivity contribution in [3.8, 4) is 11.4 Å². The molecule has 0 aliphatic carbocycles. The van der Waals surface area contributed by atoms with Crippen LogP contribution in [0.1, 0.15) is 12.7 Å². The van der Waals surface area contributed by atoms with Gasteiger partial charge < -0.3 is 9.67 Å². The zero-order valence-corrected chi connectivity index (χ0v) is 10.2. The minimum absolute atomic E-state index is 0.0362. The van der Waals surface area contributed by atoms with Crippen LogP contribution >= 0.6 is 11.6 Å². The maximum Gasteiger partial charge on any atom is 0.167 e. The molecule has 0 spiro atoms. The van der Waals surface area contributed by atoms with Crippen LogP contribution in [-0.4, -0.2) is 19.9 Å². The van der Waals surface area contributed by atoms with Crippen LogP contribution in [0.15, 0.2) is 12.1 Å². The second-order valence-electron chi connectivity index (χ2n) is 3.59. The molecule has 1 N–H and O–H groups in total. The molecular formula is C11H10ClF2N3O. The molecule has 2 rings (SSSR count). The van der Waals surface area contributed by atoms with Crippen molar-refractivity contribution in [3.05, 3.63) is 34.6 Å². The summed E-state index contributed by atoms with van der Waals surface area (Å²) in [4.78, 5) is 0. The highest BCUT2D eigenvalue weighted by Gasteiger charge is 2.17. The van der Waals surface area contributed by atoms with Gasteiger partial charge in [0, 0.05) is 6.54 Å². The van der Waals surface area contributed by atoms with Crippen molar-refractivity contribution in [3.63, 3.8) is 0 Å². The summed E-state index contributed by atoms with van der Waals surface area (Å²) in [6, 6.07) is 1.86. The van der Waals surface area contributed by atoms with E-state index in [4.69, 9.17) is 16.7 Å². The van der Waals surface area contributed by atoms with Crippen LogP contribution in [0, 0.1) is 11.6 Å². The molecule has 0 amide bonds. The van der Waals surface area contributed by atoms with E-state index in [2.05, 4.69) is 10.2 Å². The Balaban J connectivity index is 2.62. The molecule has 0 saturated carbocycles. The van der Waals surface area contributed by atoms with Gasteiger partial charge in [0.15, 0.2) is 11.6 Å². The number of aromatic nitrogens is 3. The van der Waals surface area contributed by atoms with Crippen LogP contribution < -0.4 is 0 Å². The van der Waals surface area contributed by atoms with E-state index in [0.29, 0.717) is 12.4 Å². The van der Waals surface area contributed by atoms with Crippen LogP contribution in [0.2, 0.25) is 5.02 Å². The summed E-state index contributed by atoms with van der Waals surface area (Å²) in [6.07, 6.45) is 0. The van der Waals surface area contributed by atoms with E-state index in [-0.39, 0.29) is 23.0 Å². The van der Waals surface area contributed by atoms with Gasteiger partial charge in [0.2, 0.25) is 0 Å². The third kappa shape index (κ3) is 2.09. The van der Waals surface area contributed by atoms with Gasteiger partial charge in [-0.1, -0.05) is 11.6 Å². The van der Waals surface area contributed by atoms with Gasteiger partial charge in [-0.25, -0.2) is 8.78 Å². The Morgan fingerprint density at radius 3 is 2.61 bits per heavy atom. The second-order valence-corrected chi connectivity index (χ2v) is 4.00. The third-order valence-corrected chi connectivity index (χ3v) is 2.83. The molecule has 0 aliphatic rings. The van der Waals surface area contributed by atoms with Crippen LogP contribution in [-0.2, 0) is 13.2 Å². The zero-order valence-electron chi connectivity index (χ0n) is 9.49. The van der Waals surface area contributed by atoms with Gasteiger partial charge in [-0.2, -0.15) is 0 Å². The summed E-state index contributed by atoms with van der Waals surface area (Å²) in [5.41, 5.74) is -0.0362. The molecule has 2 aromatic rings. The average Bonchev–Trinajstić information content (AvgIpc) is 2.76. The first-order valence-corrected chi connectivity index (χ1v) is 5.64. The first-order valence-electron chi connectivity index (χ1n) is 5.26. The summed E-state index contributed by atoms with van der Waals surface area (Å²) in [5.74, 6) is -0.964. The van der Waals surface area contributed by atoms with Gasteiger partial charge in [0.25, 0.3) is 0 Å². The minimum Gasteiger partial charge on any atom is -0.388 e. The Morgan fingerprint density at radius 1 is 1.28 bits per heavy atom. The lowest BCUT2D eigenvalue weighted by Crippen LogP contribution is -2.04. The lowest BCUT2D eigenvalue weighted by molar-refractivity contribution is 0.265. The molecule has 96 valence electrons. The van der Waals surface area contributed by atoms with Crippen LogP contribution in [0.3, 0.4) is 0 Å². The number of benzene rings is 1. The SMILES string of the molecule is CCn1c(CO)nnc1-c1cc(F)c(Cl)cc1F. The molecule has 7 heteroatoms. The quantitative estimate of drug-likeness (QED) is 0.874. The zero-order chi connectivity index (χ0) is 13.3. The highest BCUT2D eigenvalue weighted by molar-refractivity contribution is 6.30. The van der Waals surface area contributed by atoms with Gasteiger partial charge >= 0.3 is 0 Å². The number of aliphatic hydroxyl groups is 1. The van der Waals surface area contributed by atoms with Crippen LogP contribution in [0.4, 0.5) is 8.78 Å². The monoisotopic (exact) mass is 273 g/mol. The Bertz CT molecular complexity index is 586. The van der Waals surface area contributed by atoms with E-state index in [1.165, 1.54) is 4.57 Å². The molecule has 1 aromatic heterocycles. The summed E-state index contributed by atoms with van der Waals surface area (Å²) < 4.78 is 28.6. The lowest BCUT2D eigenvalue weighted by atomic mass is 10.2. The van der Waals surface area contributed by atoms with E-state index in [9.17, 15) is 8.78 Å². The molecule has 1 aromatic carbocycles. The number of hydrogen-bond donors (Lipinski definition) is 1. The molecule has 4 nitrogen and oxygen atoms in total. The Labute approximate surface area is 107 Å². The van der Waals surface area contributed by atoms with Gasteiger partial charge in [-0.3, -0.25) is 0 Å². The number of hydrogen-bond acceptors (Lipinski definition) is 3. The van der Waals surface area contributed by atoms with Crippen LogP contribution in [0.25, 0.3) is 11.4 Å². The van der Waals surface area contributed by atoms with E-state index in [1.807, 2.05) is 0 Å². The highest BCUT2D eigenvalue weighted by atomic mass is 35.5. The fraction of sp³-hybridized carbons (Fsp3) is 0.273. The van der Waals surface area contributed by atoms with Gasteiger partial charge in [-0.05, 0) is 19.1 Å². The molecule has 0 unspecified atom stereocenters. The lowest BCUT2D eigenvalue weighted by Gasteiger charge is -2.07. The van der Waals surface area contributed by atoms with Crippen LogP contribution in [0.5, 0.6) is 0 Å². The van der Waals surface area contributed by atoms with Crippen molar-refractivity contribution in [1.29, 1.82) is 0 Å². The third-order valence-electron chi connectivity index (χ3n) is 2.54. The Hall–Kier alpha value is -1.53. The number of halogens is 3. The maximum absolute atomic E-state index is 13.8. The summed E-state index contributed by atoms with van der Waals surface area (Å²) in [7, 11) is 0. The van der Waals surface area contributed by atoms with E-state index in [1.54, 1.807) is 6.92 Å². The molecule has 1 heterocycles. The normalized spacial score (nSPS) is 10.9. The number of rotatable bonds is 3. The molecule has 0 saturated heterocycles. The fourth-order valence-electron chi connectivity index (χ4n) is 1.68. The number of nitrogens with zero attached hydrogens (tertiary/aromatic N) is 3. The predicted octanol–water partition coefficient (Wildman–Crippen LogP) is 2.39. The first-order chi connectivity index (χ1) is 8.58. The van der Waals surface area contributed by atoms with Crippen molar-refractivity contribution >= 4 is 11.6 Å². The maximum atomic E-state index is 13.8. The van der Waals surface area contributed by atoms with Crippen molar-refractivity contribution < 1.29 is 13.9 Å². The van der Waals surface area contributed by atoms with E-state index >= 15 is 0 Å². The largest absolute Gasteiger partial charge is 0.388 e. The molecule has 0 radical (unpaired) electrons. The van der Waals surface area contributed by atoms with E-state index in [0.717, 1.165) is 12.1 Å². The van der Waals surface area contributed by atoms with Gasteiger partial charge in [-0.15, -0.1) is 10.2 Å². The molecule has 0 fully saturated rings. The second kappa shape index (κ2) is 4.99. The standard InChI is InChI=1S/C11H10ClF2N3O/c1-2-17-10(5-18)15-16-11(17)6-3-9(14)7(12)4-8(6)13/h3-4,18H,2,5H2,1H3. The Kier molecular flexibility index (Phi) is 3.58. The summed E-state index contributed by atoms with van der Waals surface area (Å²) in [5, 5.41) is 16.3. The molecule has 18 heavy (non-hydrogen) atoms. The van der Waals surface area contributed by atoms with Crippen molar-refractivity contribution in [2.24, 2.45) is 0 Å². The van der Waals surface area contributed by atoms with Gasteiger partial charge in [0.1, 0.15) is 18.2 Å². The molecule has 0 aliphatic heterocycles. The smallest absolute Gasteiger partial charge is 0.167 e. The Morgan fingerprint density at radius 2 is 2.00 bits per heavy atom. The van der Waals surface area contributed by atoms with Crippen molar-refractivity contribution in [2.45, 2.75) is 20.1 Å². The minimum atomic E-state index is -0.732. The van der Waals surface area contributed by atoms with Crippen molar-refractivity contribution in [2.75, 3.05) is 0 Å². The molecule has 0 atom stereocenters. The van der Waals surface area contributed by atoms with Crippen molar-refractivity contribution in [1.82, 2.24) is 14.8 Å². The first kappa shape index (κ1) is 12.9. The number of aliphatic hydroxyl groups excluding tert-OH is 1. The average molecular weight is 274 g/mol. The van der Waals surface area contributed by atoms with Gasteiger partial charge in [0.05, 0.1) is 10.6 Å². The molecular weight excluding hydrogens is 264 g/mol. The predicted molar refractivity (Wildman–Crippen MR) is 62.0 cm³/mol. The summed E-state index contributed by atoms with van der Waals surface area (Å²) in [6.45, 7) is 1.90. The topological polar surface area (TPSA) is 50.9 Å². The highest BCUT2D eigenvalue weighted by Crippen LogP contribution is 2.27.